The summed E-state index contributed by atoms with van der Waals surface area (Å²) in [5, 5.41) is 13.1. The van der Waals surface area contributed by atoms with Crippen molar-refractivity contribution in [2.24, 2.45) is 14.1 Å². The highest BCUT2D eigenvalue weighted by molar-refractivity contribution is 5.69. The summed E-state index contributed by atoms with van der Waals surface area (Å²) in [6, 6.07) is 0. The number of aliphatic hydroxyl groups excluding tert-OH is 1. The van der Waals surface area contributed by atoms with Crippen LogP contribution in [0, 0.1) is 0 Å². The first-order valence-electron chi connectivity index (χ1n) is 7.01. The van der Waals surface area contributed by atoms with Crippen molar-refractivity contribution in [2.75, 3.05) is 0 Å². The summed E-state index contributed by atoms with van der Waals surface area (Å²) >= 11 is 0. The van der Waals surface area contributed by atoms with Gasteiger partial charge in [0.05, 0.1) is 6.33 Å². The molecule has 1 N–H and O–H groups in total. The molecule has 0 radical (unpaired) electrons. The van der Waals surface area contributed by atoms with Gasteiger partial charge in [-0.1, -0.05) is 5.16 Å². The summed E-state index contributed by atoms with van der Waals surface area (Å²) in [5.41, 5.74) is -0.157. The molecule has 0 aliphatic carbocycles. The zero-order chi connectivity index (χ0) is 16.7. The maximum Gasteiger partial charge on any atom is 0.332 e. The molecular formula is C13H16N6O4. The Morgan fingerprint density at radius 3 is 2.70 bits per heavy atom. The van der Waals surface area contributed by atoms with Crippen molar-refractivity contribution in [1.29, 1.82) is 0 Å². The van der Waals surface area contributed by atoms with E-state index in [2.05, 4.69) is 15.1 Å². The zero-order valence-corrected chi connectivity index (χ0v) is 12.9. The summed E-state index contributed by atoms with van der Waals surface area (Å²) in [6.07, 6.45) is 1.07. The molecule has 10 heteroatoms. The molecule has 1 atom stereocenters. The van der Waals surface area contributed by atoms with Crippen molar-refractivity contribution in [2.45, 2.75) is 26.0 Å². The zero-order valence-electron chi connectivity index (χ0n) is 12.9. The minimum absolute atomic E-state index is 0.147. The van der Waals surface area contributed by atoms with Crippen molar-refractivity contribution in [3.8, 4) is 0 Å². The number of imidazole rings is 1. The fraction of sp³-hybridized carbons (Fsp3) is 0.462. The highest BCUT2D eigenvalue weighted by atomic mass is 16.5. The average molecular weight is 320 g/mol. The molecule has 1 unspecified atom stereocenters. The van der Waals surface area contributed by atoms with Gasteiger partial charge in [-0.05, 0) is 6.92 Å². The number of aryl methyl sites for hydroxylation is 3. The van der Waals surface area contributed by atoms with E-state index in [0.717, 1.165) is 4.57 Å². The number of aromatic nitrogens is 6. The van der Waals surface area contributed by atoms with Gasteiger partial charge in [0.25, 0.3) is 11.4 Å². The Kier molecular flexibility index (Phi) is 3.60. The second kappa shape index (κ2) is 5.47. The third kappa shape index (κ3) is 2.46. The van der Waals surface area contributed by atoms with Gasteiger partial charge in [0, 0.05) is 27.1 Å². The minimum Gasteiger partial charge on any atom is -0.384 e. The predicted octanol–water partition coefficient (Wildman–Crippen LogP) is -0.887. The Balaban J connectivity index is 1.95. The molecule has 0 aliphatic rings. The normalized spacial score (nSPS) is 12.9. The standard InChI is InChI=1S/C13H16N6O4/c1-7(20)11-15-8(16-23-11)4-5-19-6-14-10-9(19)12(21)18(3)13(22)17(10)2/h6-7,20H,4-5H2,1-3H3. The van der Waals surface area contributed by atoms with Crippen LogP contribution in [0.15, 0.2) is 20.4 Å². The Morgan fingerprint density at radius 1 is 1.30 bits per heavy atom. The van der Waals surface area contributed by atoms with E-state index in [1.165, 1.54) is 24.9 Å². The lowest BCUT2D eigenvalue weighted by Gasteiger charge is -2.05. The van der Waals surface area contributed by atoms with Crippen LogP contribution in [0.1, 0.15) is 24.7 Å². The molecule has 0 bridgehead atoms. The van der Waals surface area contributed by atoms with E-state index in [-0.39, 0.29) is 5.89 Å². The highest BCUT2D eigenvalue weighted by Crippen LogP contribution is 2.10. The quantitative estimate of drug-likeness (QED) is 0.662. The fourth-order valence-electron chi connectivity index (χ4n) is 2.33. The second-order valence-corrected chi connectivity index (χ2v) is 5.29. The molecule has 0 aromatic carbocycles. The molecule has 3 rings (SSSR count). The van der Waals surface area contributed by atoms with E-state index in [4.69, 9.17) is 4.52 Å². The lowest BCUT2D eigenvalue weighted by atomic mass is 10.3. The van der Waals surface area contributed by atoms with Crippen molar-refractivity contribution in [3.05, 3.63) is 38.9 Å². The van der Waals surface area contributed by atoms with Crippen LogP contribution in [-0.4, -0.2) is 33.9 Å². The molecule has 3 aromatic rings. The van der Waals surface area contributed by atoms with Gasteiger partial charge >= 0.3 is 5.69 Å². The number of hydrogen-bond donors (Lipinski definition) is 1. The molecule has 0 spiro atoms. The van der Waals surface area contributed by atoms with Crippen LogP contribution in [0.2, 0.25) is 0 Å². The number of rotatable bonds is 4. The predicted molar refractivity (Wildman–Crippen MR) is 78.9 cm³/mol. The topological polar surface area (TPSA) is 121 Å². The lowest BCUT2D eigenvalue weighted by molar-refractivity contribution is 0.151. The smallest absolute Gasteiger partial charge is 0.332 e. The van der Waals surface area contributed by atoms with E-state index in [1.54, 1.807) is 11.6 Å². The van der Waals surface area contributed by atoms with E-state index < -0.39 is 17.4 Å². The van der Waals surface area contributed by atoms with Gasteiger partial charge in [0.15, 0.2) is 17.0 Å². The first kappa shape index (κ1) is 15.2. The molecule has 122 valence electrons. The van der Waals surface area contributed by atoms with Crippen LogP contribution >= 0.6 is 0 Å². The Hall–Kier alpha value is -2.75. The van der Waals surface area contributed by atoms with Crippen molar-refractivity contribution in [1.82, 2.24) is 28.8 Å². The molecular weight excluding hydrogens is 304 g/mol. The van der Waals surface area contributed by atoms with Gasteiger partial charge in [-0.15, -0.1) is 0 Å². The minimum atomic E-state index is -0.827. The molecule has 10 nitrogen and oxygen atoms in total. The number of fused-ring (bicyclic) bond motifs is 1. The summed E-state index contributed by atoms with van der Waals surface area (Å²) in [5.74, 6) is 0.568. The summed E-state index contributed by atoms with van der Waals surface area (Å²) in [7, 11) is 2.99. The van der Waals surface area contributed by atoms with Crippen molar-refractivity contribution < 1.29 is 9.63 Å². The number of aliphatic hydroxyl groups is 1. The summed E-state index contributed by atoms with van der Waals surface area (Å²) in [4.78, 5) is 32.4. The van der Waals surface area contributed by atoms with E-state index in [0.29, 0.717) is 30.0 Å². The van der Waals surface area contributed by atoms with Gasteiger partial charge in [-0.3, -0.25) is 13.9 Å². The first-order valence-corrected chi connectivity index (χ1v) is 7.01. The van der Waals surface area contributed by atoms with Gasteiger partial charge in [0.1, 0.15) is 6.10 Å². The van der Waals surface area contributed by atoms with Crippen LogP contribution < -0.4 is 11.2 Å². The molecule has 0 aliphatic heterocycles. The van der Waals surface area contributed by atoms with Gasteiger partial charge in [-0.2, -0.15) is 4.98 Å². The van der Waals surface area contributed by atoms with Crippen LogP contribution in [0.3, 0.4) is 0 Å². The van der Waals surface area contributed by atoms with Crippen molar-refractivity contribution in [3.63, 3.8) is 0 Å². The second-order valence-electron chi connectivity index (χ2n) is 5.29. The molecule has 0 fully saturated rings. The van der Waals surface area contributed by atoms with Crippen LogP contribution in [0.25, 0.3) is 11.2 Å². The molecule has 0 saturated carbocycles. The van der Waals surface area contributed by atoms with Crippen molar-refractivity contribution >= 4 is 11.2 Å². The summed E-state index contributed by atoms with van der Waals surface area (Å²) < 4.78 is 8.93. The fourth-order valence-corrected chi connectivity index (χ4v) is 2.33. The van der Waals surface area contributed by atoms with E-state index >= 15 is 0 Å². The van der Waals surface area contributed by atoms with Gasteiger partial charge < -0.3 is 14.2 Å². The van der Waals surface area contributed by atoms with Gasteiger partial charge in [-0.25, -0.2) is 9.78 Å². The molecule has 23 heavy (non-hydrogen) atoms. The maximum atomic E-state index is 12.3. The molecule has 0 saturated heterocycles. The molecule has 0 amide bonds. The average Bonchev–Trinajstić information content (AvgIpc) is 3.15. The van der Waals surface area contributed by atoms with E-state index in [9.17, 15) is 14.7 Å². The third-order valence-corrected chi connectivity index (χ3v) is 3.63. The van der Waals surface area contributed by atoms with Crippen LogP contribution in [0.4, 0.5) is 0 Å². The lowest BCUT2D eigenvalue weighted by Crippen LogP contribution is -2.37. The third-order valence-electron chi connectivity index (χ3n) is 3.63. The maximum absolute atomic E-state index is 12.3. The van der Waals surface area contributed by atoms with Crippen LogP contribution in [-0.2, 0) is 27.1 Å². The Bertz CT molecular complexity index is 977. The number of nitrogens with zero attached hydrogens (tertiary/aromatic N) is 6. The van der Waals surface area contributed by atoms with Crippen LogP contribution in [0.5, 0.6) is 0 Å². The Morgan fingerprint density at radius 2 is 2.04 bits per heavy atom. The SMILES string of the molecule is CC(O)c1nc(CCn2cnc3c2c(=O)n(C)c(=O)n3C)no1. The monoisotopic (exact) mass is 320 g/mol. The van der Waals surface area contributed by atoms with E-state index in [1.807, 2.05) is 0 Å². The van der Waals surface area contributed by atoms with Gasteiger partial charge in [0.2, 0.25) is 0 Å². The molecule has 3 aromatic heterocycles. The largest absolute Gasteiger partial charge is 0.384 e. The number of hydrogen-bond acceptors (Lipinski definition) is 7. The first-order chi connectivity index (χ1) is 10.9. The molecule has 3 heterocycles. The Labute approximate surface area is 129 Å². The highest BCUT2D eigenvalue weighted by Gasteiger charge is 2.15. The summed E-state index contributed by atoms with van der Waals surface area (Å²) in [6.45, 7) is 1.92.